The molecule has 0 saturated carbocycles. The van der Waals surface area contributed by atoms with Gasteiger partial charge in [0, 0.05) is 13.6 Å². The molecule has 0 unspecified atom stereocenters. The van der Waals surface area contributed by atoms with Crippen LogP contribution in [0.3, 0.4) is 0 Å². The second-order valence-corrected chi connectivity index (χ2v) is 5.23. The quantitative estimate of drug-likeness (QED) is 0.758. The van der Waals surface area contributed by atoms with E-state index in [1.807, 2.05) is 0 Å². The van der Waals surface area contributed by atoms with Crippen LogP contribution < -0.4 is 0 Å². The summed E-state index contributed by atoms with van der Waals surface area (Å²) >= 11 is 4.96. The predicted octanol–water partition coefficient (Wildman–Crippen LogP) is 2.21. The minimum atomic E-state index is -0.505. The van der Waals surface area contributed by atoms with Gasteiger partial charge in [-0.05, 0) is 37.7 Å². The molecule has 0 aliphatic carbocycles. The smallest absolute Gasteiger partial charge is 0.255 e. The van der Waals surface area contributed by atoms with E-state index in [-0.39, 0.29) is 11.5 Å². The first kappa shape index (κ1) is 14.7. The third kappa shape index (κ3) is 3.05. The van der Waals surface area contributed by atoms with Crippen LogP contribution in [0.4, 0.5) is 4.39 Å². The number of aromatic amines is 2. The summed E-state index contributed by atoms with van der Waals surface area (Å²) in [4.78, 5) is 19.4. The summed E-state index contributed by atoms with van der Waals surface area (Å²) in [5.74, 6) is -0.824. The standard InChI is InChI=1S/C13H16FN3O2S/c1-7(18)3-4-17(2)12(19)9-5-8(14)6-10-11(9)16-13(20)15-10/h5-7,18H,3-4H2,1-2H3,(H2,15,16,20)/t7-/m0/s1. The van der Waals surface area contributed by atoms with E-state index in [2.05, 4.69) is 9.97 Å². The zero-order valence-corrected chi connectivity index (χ0v) is 12.1. The number of benzene rings is 1. The number of nitrogens with zero attached hydrogens (tertiary/aromatic N) is 1. The first-order valence-electron chi connectivity index (χ1n) is 6.23. The van der Waals surface area contributed by atoms with Crippen molar-refractivity contribution in [1.82, 2.24) is 14.9 Å². The van der Waals surface area contributed by atoms with Crippen molar-refractivity contribution in [2.45, 2.75) is 19.4 Å². The summed E-state index contributed by atoms with van der Waals surface area (Å²) in [6.07, 6.45) is -0.0278. The van der Waals surface area contributed by atoms with Gasteiger partial charge in [0.15, 0.2) is 4.77 Å². The van der Waals surface area contributed by atoms with Crippen LogP contribution in [-0.4, -0.2) is 45.6 Å². The summed E-state index contributed by atoms with van der Waals surface area (Å²) in [5, 5.41) is 9.25. The molecule has 0 aliphatic heterocycles. The predicted molar refractivity (Wildman–Crippen MR) is 76.7 cm³/mol. The molecule has 0 fully saturated rings. The number of fused-ring (bicyclic) bond motifs is 1. The molecule has 1 aromatic heterocycles. The summed E-state index contributed by atoms with van der Waals surface area (Å²) in [6, 6.07) is 2.47. The molecular weight excluding hydrogens is 281 g/mol. The number of imidazole rings is 1. The number of nitrogens with one attached hydrogen (secondary N) is 2. The number of hydrogen-bond acceptors (Lipinski definition) is 3. The molecule has 1 atom stereocenters. The molecular formula is C13H16FN3O2S. The van der Waals surface area contributed by atoms with E-state index in [1.54, 1.807) is 14.0 Å². The molecule has 0 radical (unpaired) electrons. The maximum absolute atomic E-state index is 13.6. The van der Waals surface area contributed by atoms with Gasteiger partial charge in [-0.2, -0.15) is 0 Å². The maximum Gasteiger partial charge on any atom is 0.255 e. The van der Waals surface area contributed by atoms with E-state index in [4.69, 9.17) is 12.2 Å². The Morgan fingerprint density at radius 1 is 1.50 bits per heavy atom. The number of rotatable bonds is 4. The molecule has 0 spiro atoms. The van der Waals surface area contributed by atoms with Crippen LogP contribution in [0.5, 0.6) is 0 Å². The van der Waals surface area contributed by atoms with Crippen molar-refractivity contribution in [2.75, 3.05) is 13.6 Å². The SMILES string of the molecule is C[C@H](O)CCN(C)C(=O)c1cc(F)cc2[nH]c(=S)[nH]c12. The normalized spacial score (nSPS) is 12.6. The average molecular weight is 297 g/mol. The molecule has 2 aromatic rings. The highest BCUT2D eigenvalue weighted by Crippen LogP contribution is 2.19. The van der Waals surface area contributed by atoms with Crippen molar-refractivity contribution in [2.24, 2.45) is 0 Å². The Labute approximate surface area is 120 Å². The van der Waals surface area contributed by atoms with Crippen LogP contribution in [-0.2, 0) is 0 Å². The fourth-order valence-electron chi connectivity index (χ4n) is 1.96. The molecule has 1 heterocycles. The zero-order chi connectivity index (χ0) is 14.9. The van der Waals surface area contributed by atoms with Gasteiger partial charge in [-0.15, -0.1) is 0 Å². The topological polar surface area (TPSA) is 72.1 Å². The number of aliphatic hydroxyl groups is 1. The van der Waals surface area contributed by atoms with Gasteiger partial charge >= 0.3 is 0 Å². The van der Waals surface area contributed by atoms with Gasteiger partial charge in [-0.3, -0.25) is 4.79 Å². The number of aromatic nitrogens is 2. The molecule has 3 N–H and O–H groups in total. The molecule has 2 rings (SSSR count). The Morgan fingerprint density at radius 2 is 2.20 bits per heavy atom. The molecule has 1 aromatic carbocycles. The molecule has 1 amide bonds. The molecule has 7 heteroatoms. The molecule has 0 saturated heterocycles. The second kappa shape index (κ2) is 5.72. The summed E-state index contributed by atoms with van der Waals surface area (Å²) in [5.41, 5.74) is 1.17. The molecule has 108 valence electrons. The first-order valence-corrected chi connectivity index (χ1v) is 6.64. The van der Waals surface area contributed by atoms with Crippen LogP contribution in [0.2, 0.25) is 0 Å². The van der Waals surface area contributed by atoms with E-state index in [1.165, 1.54) is 17.0 Å². The van der Waals surface area contributed by atoms with E-state index >= 15 is 0 Å². The van der Waals surface area contributed by atoms with E-state index in [9.17, 15) is 14.3 Å². The van der Waals surface area contributed by atoms with Crippen molar-refractivity contribution < 1.29 is 14.3 Å². The van der Waals surface area contributed by atoms with Crippen LogP contribution in [0.25, 0.3) is 11.0 Å². The largest absolute Gasteiger partial charge is 0.393 e. The van der Waals surface area contributed by atoms with Gasteiger partial charge in [-0.1, -0.05) is 0 Å². The van der Waals surface area contributed by atoms with Gasteiger partial charge in [0.1, 0.15) is 5.82 Å². The highest BCUT2D eigenvalue weighted by molar-refractivity contribution is 7.71. The average Bonchev–Trinajstić information content (AvgIpc) is 2.73. The van der Waals surface area contributed by atoms with Gasteiger partial charge in [0.25, 0.3) is 5.91 Å². The lowest BCUT2D eigenvalue weighted by molar-refractivity contribution is 0.0770. The van der Waals surface area contributed by atoms with Gasteiger partial charge in [-0.25, -0.2) is 4.39 Å². The van der Waals surface area contributed by atoms with Gasteiger partial charge in [0.05, 0.1) is 22.7 Å². The number of carbonyl (C=O) groups is 1. The minimum Gasteiger partial charge on any atom is -0.393 e. The van der Waals surface area contributed by atoms with Gasteiger partial charge < -0.3 is 20.0 Å². The number of carbonyl (C=O) groups excluding carboxylic acids is 1. The fourth-order valence-corrected chi connectivity index (χ4v) is 2.18. The molecule has 5 nitrogen and oxygen atoms in total. The maximum atomic E-state index is 13.6. The highest BCUT2D eigenvalue weighted by atomic mass is 32.1. The lowest BCUT2D eigenvalue weighted by Gasteiger charge is -2.18. The van der Waals surface area contributed by atoms with Crippen molar-refractivity contribution in [1.29, 1.82) is 0 Å². The van der Waals surface area contributed by atoms with E-state index < -0.39 is 11.9 Å². The second-order valence-electron chi connectivity index (χ2n) is 4.82. The fraction of sp³-hybridized carbons (Fsp3) is 0.385. The Morgan fingerprint density at radius 3 is 2.85 bits per heavy atom. The Balaban J connectivity index is 2.36. The number of amides is 1. The monoisotopic (exact) mass is 297 g/mol. The summed E-state index contributed by atoms with van der Waals surface area (Å²) in [7, 11) is 1.61. The first-order chi connectivity index (χ1) is 9.38. The van der Waals surface area contributed by atoms with Crippen molar-refractivity contribution in [3.8, 4) is 0 Å². The summed E-state index contributed by atoms with van der Waals surface area (Å²) < 4.78 is 13.9. The van der Waals surface area contributed by atoms with E-state index in [0.29, 0.717) is 28.8 Å². The summed E-state index contributed by atoms with van der Waals surface area (Å²) in [6.45, 7) is 2.04. The molecule has 0 bridgehead atoms. The number of aliphatic hydroxyl groups excluding tert-OH is 1. The van der Waals surface area contributed by atoms with E-state index in [0.717, 1.165) is 0 Å². The number of H-pyrrole nitrogens is 2. The Kier molecular flexibility index (Phi) is 4.20. The van der Waals surface area contributed by atoms with Crippen molar-refractivity contribution >= 4 is 29.2 Å². The number of halogens is 1. The Bertz CT molecular complexity index is 692. The van der Waals surface area contributed by atoms with Crippen molar-refractivity contribution in [3.63, 3.8) is 0 Å². The lowest BCUT2D eigenvalue weighted by atomic mass is 10.1. The molecule has 0 aliphatic rings. The van der Waals surface area contributed by atoms with Crippen LogP contribution in [0.15, 0.2) is 12.1 Å². The number of hydrogen-bond donors (Lipinski definition) is 3. The van der Waals surface area contributed by atoms with Crippen LogP contribution in [0.1, 0.15) is 23.7 Å². The minimum absolute atomic E-state index is 0.223. The van der Waals surface area contributed by atoms with Crippen LogP contribution in [0, 0.1) is 10.6 Å². The third-order valence-corrected chi connectivity index (χ3v) is 3.25. The van der Waals surface area contributed by atoms with Crippen LogP contribution >= 0.6 is 12.2 Å². The van der Waals surface area contributed by atoms with Gasteiger partial charge in [0.2, 0.25) is 0 Å². The Hall–Kier alpha value is -1.73. The third-order valence-electron chi connectivity index (χ3n) is 3.05. The van der Waals surface area contributed by atoms with Crippen molar-refractivity contribution in [3.05, 3.63) is 28.3 Å². The molecule has 20 heavy (non-hydrogen) atoms. The lowest BCUT2D eigenvalue weighted by Crippen LogP contribution is -2.29. The zero-order valence-electron chi connectivity index (χ0n) is 11.2. The highest BCUT2D eigenvalue weighted by Gasteiger charge is 2.18.